The van der Waals surface area contributed by atoms with E-state index < -0.39 is 188 Å². The number of aliphatic hydroxyl groups excluding tert-OH is 15. The Morgan fingerprint density at radius 3 is 1.82 bits per heavy atom. The monoisotopic (exact) mass is 1090 g/mol. The van der Waals surface area contributed by atoms with E-state index >= 15 is 0 Å². The van der Waals surface area contributed by atoms with Gasteiger partial charge in [0.25, 0.3) is 0 Å². The molecule has 8 fully saturated rings. The van der Waals surface area contributed by atoms with Gasteiger partial charge in [0.2, 0.25) is 0 Å². The quantitative estimate of drug-likeness (QED) is 0.0591. The molecule has 4 aliphatic carbocycles. The first-order valence-corrected chi connectivity index (χ1v) is 27.4. The van der Waals surface area contributed by atoms with Gasteiger partial charge in [-0.3, -0.25) is 0 Å². The summed E-state index contributed by atoms with van der Waals surface area (Å²) in [7, 11) is 0. The third-order valence-corrected chi connectivity index (χ3v) is 20.4. The number of hydrogen-bond acceptors (Lipinski definition) is 23. The molecule has 0 aromatic carbocycles. The molecular formula is C53H90O23. The van der Waals surface area contributed by atoms with E-state index in [0.29, 0.717) is 51.4 Å². The minimum Gasteiger partial charge on any atom is -0.394 e. The van der Waals surface area contributed by atoms with Crippen LogP contribution in [0.4, 0.5) is 0 Å². The molecule has 23 nitrogen and oxygen atoms in total. The second-order valence-electron chi connectivity index (χ2n) is 25.5. The van der Waals surface area contributed by atoms with Crippen LogP contribution >= 0.6 is 0 Å². The van der Waals surface area contributed by atoms with Crippen LogP contribution in [0.3, 0.4) is 0 Å². The fourth-order valence-corrected chi connectivity index (χ4v) is 16.2. The number of ether oxygens (including phenoxy) is 8. The van der Waals surface area contributed by atoms with E-state index in [1.54, 1.807) is 0 Å². The molecule has 23 heteroatoms. The molecule has 15 N–H and O–H groups in total. The van der Waals surface area contributed by atoms with Gasteiger partial charge in [-0.25, -0.2) is 0 Å². The zero-order valence-electron chi connectivity index (χ0n) is 45.0. The Kier molecular flexibility index (Phi) is 18.3. The van der Waals surface area contributed by atoms with Gasteiger partial charge in [-0.15, -0.1) is 0 Å². The van der Waals surface area contributed by atoms with E-state index in [9.17, 15) is 76.6 Å². The van der Waals surface area contributed by atoms with E-state index in [1.165, 1.54) is 0 Å². The summed E-state index contributed by atoms with van der Waals surface area (Å²) in [4.78, 5) is 0. The van der Waals surface area contributed by atoms with Crippen molar-refractivity contribution in [1.29, 1.82) is 0 Å². The maximum Gasteiger partial charge on any atom is 0.187 e. The Bertz CT molecular complexity index is 1980. The molecule has 8 aliphatic rings. The van der Waals surface area contributed by atoms with Crippen LogP contribution in [0.5, 0.6) is 0 Å². The Balaban J connectivity index is 1.03. The molecule has 4 heterocycles. The average Bonchev–Trinajstić information content (AvgIpc) is 3.75. The van der Waals surface area contributed by atoms with Crippen molar-refractivity contribution in [2.45, 2.75) is 247 Å². The highest BCUT2D eigenvalue weighted by molar-refractivity contribution is 5.22. The van der Waals surface area contributed by atoms with Crippen LogP contribution in [0.2, 0.25) is 0 Å². The summed E-state index contributed by atoms with van der Waals surface area (Å²) in [5, 5.41) is 164. The van der Waals surface area contributed by atoms with Gasteiger partial charge in [0.15, 0.2) is 25.2 Å². The van der Waals surface area contributed by atoms with Crippen LogP contribution < -0.4 is 0 Å². The van der Waals surface area contributed by atoms with Crippen LogP contribution in [0, 0.1) is 45.3 Å². The highest BCUT2D eigenvalue weighted by Crippen LogP contribution is 2.76. The molecule has 30 atom stereocenters. The number of rotatable bonds is 15. The van der Waals surface area contributed by atoms with Crippen LogP contribution in [0.1, 0.15) is 107 Å². The zero-order chi connectivity index (χ0) is 55.9. The van der Waals surface area contributed by atoms with Crippen molar-refractivity contribution >= 4 is 0 Å². The van der Waals surface area contributed by atoms with Crippen LogP contribution in [-0.2, 0) is 37.9 Å². The van der Waals surface area contributed by atoms with E-state index in [0.717, 1.165) is 5.57 Å². The lowest BCUT2D eigenvalue weighted by atomic mass is 9.34. The molecule has 0 spiro atoms. The summed E-state index contributed by atoms with van der Waals surface area (Å²) in [5.74, 6) is -1.26. The molecule has 0 bridgehead atoms. The summed E-state index contributed by atoms with van der Waals surface area (Å²) in [5.41, 5.74) is -2.59. The minimum atomic E-state index is -1.85. The molecule has 76 heavy (non-hydrogen) atoms. The summed E-state index contributed by atoms with van der Waals surface area (Å²) < 4.78 is 48.6. The standard InChI is InChI=1S/C53H90O23/c1-22(2)10-9-13-53(8,76-47-42(68)38(64)36(62)29(73-47)21-70-45-40(66)33(59)26(58)20-69-45)23-11-15-51(6)32(23)24(56)16-30-50(5)14-12-31(49(3,4)44(50)25(57)17-52(30,51)7)74-48-43(39(65)35(61)28(19-55)72-48)75-46-41(67)37(63)34(60)27(18-54)71-46/h10,23-48,54-68H,9,11-21H2,1-8H3/t23-,24+,25-,26+,27+,28+,29+,30+,31-,32-,33+,34+,35+,36+,37-,38-,39-,40-,41+,42+,43+,44-,45-,46-,47-,48-,50+,51+,52+,53-/m0/s1. The minimum absolute atomic E-state index is 0.123. The number of aliphatic hydroxyl groups is 15. The first kappa shape index (κ1) is 60.9. The molecule has 0 radical (unpaired) electrons. The summed E-state index contributed by atoms with van der Waals surface area (Å²) in [6.07, 6.45) is -26.5. The van der Waals surface area contributed by atoms with Crippen LogP contribution in [-0.4, -0.2) is 244 Å². The third-order valence-electron chi connectivity index (χ3n) is 20.4. The van der Waals surface area contributed by atoms with Crippen LogP contribution in [0.15, 0.2) is 11.6 Å². The molecule has 8 rings (SSSR count). The van der Waals surface area contributed by atoms with E-state index in [1.807, 2.05) is 34.6 Å². The number of allylic oxidation sites excluding steroid dienone is 2. The van der Waals surface area contributed by atoms with Gasteiger partial charge in [-0.05, 0) is 117 Å². The third kappa shape index (κ3) is 10.5. The smallest absolute Gasteiger partial charge is 0.187 e. The van der Waals surface area contributed by atoms with Gasteiger partial charge >= 0.3 is 0 Å². The lowest BCUT2D eigenvalue weighted by Gasteiger charge is -2.71. The average molecular weight is 1100 g/mol. The van der Waals surface area contributed by atoms with Gasteiger partial charge in [0.05, 0.1) is 50.3 Å². The normalized spacial score (nSPS) is 53.2. The fraction of sp³-hybridized carbons (Fsp3) is 0.962. The highest BCUT2D eigenvalue weighted by Gasteiger charge is 2.74. The van der Waals surface area contributed by atoms with Gasteiger partial charge < -0.3 is 114 Å². The lowest BCUT2D eigenvalue weighted by Crippen LogP contribution is -2.70. The lowest BCUT2D eigenvalue weighted by molar-refractivity contribution is -0.380. The first-order valence-electron chi connectivity index (χ1n) is 27.4. The van der Waals surface area contributed by atoms with E-state index in [2.05, 4.69) is 26.8 Å². The second kappa shape index (κ2) is 22.9. The van der Waals surface area contributed by atoms with E-state index in [4.69, 9.17) is 37.9 Å². The maximum atomic E-state index is 12.8. The first-order chi connectivity index (χ1) is 35.5. The summed E-state index contributed by atoms with van der Waals surface area (Å²) >= 11 is 0. The second-order valence-corrected chi connectivity index (χ2v) is 25.5. The Morgan fingerprint density at radius 1 is 0.605 bits per heavy atom. The largest absolute Gasteiger partial charge is 0.394 e. The van der Waals surface area contributed by atoms with Gasteiger partial charge in [-0.1, -0.05) is 46.3 Å². The molecule has 0 unspecified atom stereocenters. The van der Waals surface area contributed by atoms with Gasteiger partial charge in [0, 0.05) is 0 Å². The molecule has 0 amide bonds. The summed E-state index contributed by atoms with van der Waals surface area (Å²) in [6.45, 7) is 14.2. The van der Waals surface area contributed by atoms with Crippen molar-refractivity contribution in [2.24, 2.45) is 45.3 Å². The summed E-state index contributed by atoms with van der Waals surface area (Å²) in [6, 6.07) is 0. The molecule has 4 aliphatic heterocycles. The Labute approximate surface area is 444 Å². The SMILES string of the molecule is CC(C)=CCC[C@](C)(O[C@@H]1O[C@H](CO[C@@H]2OC[C@@H](O)[C@@H](O)[C@@H]2O)[C@@H](O)[C@H](O)[C@H]1O)[C@H]1CC[C@]2(C)[C@@H]1[C@H](O)C[C@@H]1[C@@]3(C)CC[C@H](O[C@@H]4O[C@H](CO)[C@@H](O)[C@H](O)[C@H]4O[C@@H]4O[C@H](CO)[C@@H](O)[C@H](O)[C@H]4O)C(C)(C)[C@@H]3[C@@H](O)C[C@]12C. The molecule has 4 saturated heterocycles. The predicted molar refractivity (Wildman–Crippen MR) is 262 cm³/mol. The van der Waals surface area contributed by atoms with Crippen molar-refractivity contribution in [3.05, 3.63) is 11.6 Å². The van der Waals surface area contributed by atoms with Crippen molar-refractivity contribution in [1.82, 2.24) is 0 Å². The van der Waals surface area contributed by atoms with Crippen molar-refractivity contribution in [3.8, 4) is 0 Å². The fourth-order valence-electron chi connectivity index (χ4n) is 16.2. The zero-order valence-corrected chi connectivity index (χ0v) is 45.0. The van der Waals surface area contributed by atoms with E-state index in [-0.39, 0.29) is 24.4 Å². The van der Waals surface area contributed by atoms with Crippen molar-refractivity contribution < 1.29 is 114 Å². The van der Waals surface area contributed by atoms with Crippen molar-refractivity contribution in [3.63, 3.8) is 0 Å². The highest BCUT2D eigenvalue weighted by atomic mass is 16.8. The Hall–Kier alpha value is -1.18. The number of hydrogen-bond donors (Lipinski definition) is 15. The molecule has 0 aromatic heterocycles. The maximum absolute atomic E-state index is 12.8. The van der Waals surface area contributed by atoms with Crippen molar-refractivity contribution in [2.75, 3.05) is 26.4 Å². The molecule has 440 valence electrons. The Morgan fingerprint density at radius 2 is 1.18 bits per heavy atom. The number of fused-ring (bicyclic) bond motifs is 5. The van der Waals surface area contributed by atoms with Gasteiger partial charge in [-0.2, -0.15) is 0 Å². The molecule has 0 aromatic rings. The van der Waals surface area contributed by atoms with Gasteiger partial charge in [0.1, 0.15) is 91.6 Å². The molecular weight excluding hydrogens is 1000 g/mol. The molecule has 4 saturated carbocycles. The predicted octanol–water partition coefficient (Wildman–Crippen LogP) is -2.59. The topological polar surface area (TPSA) is 377 Å². The van der Waals surface area contributed by atoms with Crippen LogP contribution in [0.25, 0.3) is 0 Å².